The molecule has 16 heavy (non-hydrogen) atoms. The predicted octanol–water partition coefficient (Wildman–Crippen LogP) is 2.15. The Morgan fingerprint density at radius 2 is 2.00 bits per heavy atom. The van der Waals surface area contributed by atoms with E-state index in [2.05, 4.69) is 0 Å². The van der Waals surface area contributed by atoms with Crippen LogP contribution in [-0.4, -0.2) is 26.8 Å². The normalized spacial score (nSPS) is 13.6. The molecule has 0 spiro atoms. The molecule has 0 amide bonds. The molecule has 90 valence electrons. The van der Waals surface area contributed by atoms with E-state index in [0.29, 0.717) is 6.61 Å². The molecule has 1 atom stereocenters. The van der Waals surface area contributed by atoms with Crippen LogP contribution in [-0.2, 0) is 4.74 Å². The van der Waals surface area contributed by atoms with Crippen molar-refractivity contribution < 1.29 is 22.4 Å². The molecular weight excluding hydrogens is 220 g/mol. The quantitative estimate of drug-likeness (QED) is 0.725. The highest BCUT2D eigenvalue weighted by Gasteiger charge is 2.25. The van der Waals surface area contributed by atoms with Crippen molar-refractivity contribution in [2.24, 2.45) is 0 Å². The highest BCUT2D eigenvalue weighted by atomic mass is 19.4. The van der Waals surface area contributed by atoms with Crippen LogP contribution in [0, 0.1) is 0 Å². The summed E-state index contributed by atoms with van der Waals surface area (Å²) in [5.74, 6) is 0.209. The second kappa shape index (κ2) is 5.25. The van der Waals surface area contributed by atoms with Crippen molar-refractivity contribution in [2.75, 3.05) is 13.7 Å². The van der Waals surface area contributed by atoms with E-state index in [1.807, 2.05) is 0 Å². The first-order valence-electron chi connectivity index (χ1n) is 4.89. The zero-order chi connectivity index (χ0) is 12.2. The van der Waals surface area contributed by atoms with Gasteiger partial charge in [0, 0.05) is 7.11 Å². The van der Waals surface area contributed by atoms with E-state index in [4.69, 9.17) is 9.47 Å². The molecular formula is C10H13BF3O2-. The molecule has 0 aliphatic heterocycles. The third-order valence-electron chi connectivity index (χ3n) is 1.97. The Bertz CT molecular complexity index is 341. The molecule has 1 unspecified atom stereocenters. The monoisotopic (exact) mass is 233 g/mol. The largest absolute Gasteiger partial charge is 0.509 e. The topological polar surface area (TPSA) is 18.5 Å². The van der Waals surface area contributed by atoms with Gasteiger partial charge in [0.15, 0.2) is 0 Å². The molecule has 0 fully saturated rings. The van der Waals surface area contributed by atoms with Crippen molar-refractivity contribution in [3.63, 3.8) is 0 Å². The Hall–Kier alpha value is -1.17. The van der Waals surface area contributed by atoms with E-state index >= 15 is 0 Å². The molecule has 0 heterocycles. The third kappa shape index (κ3) is 3.77. The van der Waals surface area contributed by atoms with Crippen molar-refractivity contribution in [2.45, 2.75) is 13.0 Å². The van der Waals surface area contributed by atoms with Gasteiger partial charge in [0.05, 0.1) is 6.61 Å². The molecule has 0 aromatic heterocycles. The van der Waals surface area contributed by atoms with Gasteiger partial charge in [-0.05, 0) is 19.1 Å². The van der Waals surface area contributed by atoms with Gasteiger partial charge in [-0.3, -0.25) is 0 Å². The summed E-state index contributed by atoms with van der Waals surface area (Å²) in [5, 5.41) is 0. The Kier molecular flexibility index (Phi) is 4.23. The fourth-order valence-corrected chi connectivity index (χ4v) is 1.29. The number of ether oxygens (including phenoxy) is 2. The molecule has 1 rings (SSSR count). The molecule has 6 heteroatoms. The number of hydrogen-bond acceptors (Lipinski definition) is 2. The fraction of sp³-hybridized carbons (Fsp3) is 0.400. The first-order valence-corrected chi connectivity index (χ1v) is 4.89. The molecule has 0 aliphatic rings. The van der Waals surface area contributed by atoms with Crippen LogP contribution in [0.5, 0.6) is 5.75 Å². The van der Waals surface area contributed by atoms with Gasteiger partial charge in [-0.15, -0.1) is 5.46 Å². The van der Waals surface area contributed by atoms with E-state index in [1.54, 1.807) is 6.92 Å². The first kappa shape index (κ1) is 12.9. The Morgan fingerprint density at radius 1 is 1.31 bits per heavy atom. The van der Waals surface area contributed by atoms with Crippen LogP contribution in [0.3, 0.4) is 0 Å². The lowest BCUT2D eigenvalue weighted by atomic mass is 9.80. The standard InChI is InChI=1S/C10H13BF3O2/c1-8(7-15-2)16-10-5-3-4-9(6-10)11(12,13)14/h3-6,8H,7H2,1-2H3/q-1. The second-order valence-corrected chi connectivity index (χ2v) is 3.53. The maximum Gasteiger partial charge on any atom is 0.509 e. The van der Waals surface area contributed by atoms with Gasteiger partial charge in [-0.25, -0.2) is 0 Å². The van der Waals surface area contributed by atoms with Gasteiger partial charge in [-0.1, -0.05) is 12.1 Å². The molecule has 2 nitrogen and oxygen atoms in total. The molecule has 0 aliphatic carbocycles. The summed E-state index contributed by atoms with van der Waals surface area (Å²) in [6.45, 7) is -2.91. The van der Waals surface area contributed by atoms with E-state index < -0.39 is 12.4 Å². The maximum atomic E-state index is 12.4. The number of halogens is 3. The number of hydrogen-bond donors (Lipinski definition) is 0. The minimum absolute atomic E-state index is 0.209. The van der Waals surface area contributed by atoms with Crippen molar-refractivity contribution >= 4 is 12.4 Å². The molecule has 0 bridgehead atoms. The van der Waals surface area contributed by atoms with Gasteiger partial charge in [0.2, 0.25) is 0 Å². The molecule has 1 aromatic carbocycles. The number of benzene rings is 1. The Balaban J connectivity index is 2.75. The summed E-state index contributed by atoms with van der Waals surface area (Å²) < 4.78 is 47.4. The van der Waals surface area contributed by atoms with Crippen LogP contribution in [0.1, 0.15) is 6.92 Å². The van der Waals surface area contributed by atoms with Gasteiger partial charge < -0.3 is 22.4 Å². The molecule has 0 N–H and O–H groups in total. The van der Waals surface area contributed by atoms with E-state index in [-0.39, 0.29) is 11.9 Å². The zero-order valence-electron chi connectivity index (χ0n) is 9.12. The van der Waals surface area contributed by atoms with Crippen LogP contribution in [0.2, 0.25) is 0 Å². The summed E-state index contributed by atoms with van der Waals surface area (Å²) in [7, 11) is 1.51. The molecule has 0 saturated heterocycles. The average Bonchev–Trinajstić information content (AvgIpc) is 2.17. The lowest BCUT2D eigenvalue weighted by Crippen LogP contribution is -2.34. The summed E-state index contributed by atoms with van der Waals surface area (Å²) in [6, 6.07) is 4.87. The average molecular weight is 233 g/mol. The lowest BCUT2D eigenvalue weighted by Gasteiger charge is -2.18. The van der Waals surface area contributed by atoms with Crippen LogP contribution in [0.15, 0.2) is 24.3 Å². The van der Waals surface area contributed by atoms with E-state index in [1.165, 1.54) is 19.2 Å². The van der Waals surface area contributed by atoms with Crippen molar-refractivity contribution in [1.29, 1.82) is 0 Å². The summed E-state index contributed by atoms with van der Waals surface area (Å²) in [6.07, 6.45) is -0.277. The van der Waals surface area contributed by atoms with Crippen LogP contribution < -0.4 is 10.2 Å². The predicted molar refractivity (Wildman–Crippen MR) is 57.1 cm³/mol. The minimum atomic E-state index is -4.97. The summed E-state index contributed by atoms with van der Waals surface area (Å²) >= 11 is 0. The third-order valence-corrected chi connectivity index (χ3v) is 1.97. The first-order chi connectivity index (χ1) is 7.43. The SMILES string of the molecule is COCC(C)Oc1cccc([B-](F)(F)F)c1. The highest BCUT2D eigenvalue weighted by molar-refractivity contribution is 6.73. The number of rotatable bonds is 5. The maximum absolute atomic E-state index is 12.4. The van der Waals surface area contributed by atoms with Crippen LogP contribution in [0.4, 0.5) is 12.9 Å². The van der Waals surface area contributed by atoms with Crippen molar-refractivity contribution in [3.8, 4) is 5.75 Å². The Morgan fingerprint density at radius 3 is 2.56 bits per heavy atom. The van der Waals surface area contributed by atoms with E-state index in [9.17, 15) is 12.9 Å². The molecule has 0 radical (unpaired) electrons. The van der Waals surface area contributed by atoms with Crippen molar-refractivity contribution in [1.82, 2.24) is 0 Å². The smallest absolute Gasteiger partial charge is 0.488 e. The van der Waals surface area contributed by atoms with Crippen LogP contribution >= 0.6 is 0 Å². The zero-order valence-corrected chi connectivity index (χ0v) is 9.12. The van der Waals surface area contributed by atoms with Gasteiger partial charge >= 0.3 is 6.98 Å². The Labute approximate surface area is 92.4 Å². The molecule has 0 saturated carbocycles. The van der Waals surface area contributed by atoms with Crippen LogP contribution in [0.25, 0.3) is 0 Å². The number of methoxy groups -OCH3 is 1. The van der Waals surface area contributed by atoms with Crippen molar-refractivity contribution in [3.05, 3.63) is 24.3 Å². The van der Waals surface area contributed by atoms with Gasteiger partial charge in [0.1, 0.15) is 11.9 Å². The van der Waals surface area contributed by atoms with Gasteiger partial charge in [-0.2, -0.15) is 0 Å². The van der Waals surface area contributed by atoms with E-state index in [0.717, 1.165) is 12.1 Å². The highest BCUT2D eigenvalue weighted by Crippen LogP contribution is 2.15. The summed E-state index contributed by atoms with van der Waals surface area (Å²) in [5.41, 5.74) is -0.651. The lowest BCUT2D eigenvalue weighted by molar-refractivity contribution is 0.0921. The minimum Gasteiger partial charge on any atom is -0.488 e. The molecule has 1 aromatic rings. The fourth-order valence-electron chi connectivity index (χ4n) is 1.29. The van der Waals surface area contributed by atoms with Gasteiger partial charge in [0.25, 0.3) is 0 Å². The second-order valence-electron chi connectivity index (χ2n) is 3.53. The summed E-state index contributed by atoms with van der Waals surface area (Å²) in [4.78, 5) is 0.